The third-order valence-corrected chi connectivity index (χ3v) is 5.53. The van der Waals surface area contributed by atoms with Gasteiger partial charge in [-0.25, -0.2) is 0 Å². The van der Waals surface area contributed by atoms with E-state index in [4.69, 9.17) is 14.2 Å². The van der Waals surface area contributed by atoms with Gasteiger partial charge in [0.25, 0.3) is 0 Å². The summed E-state index contributed by atoms with van der Waals surface area (Å²) in [5, 5.41) is 3.05. The molecule has 0 aromatic heterocycles. The number of nitrogens with one attached hydrogen (secondary N) is 1. The quantitative estimate of drug-likeness (QED) is 0.649. The molecule has 0 spiro atoms. The average Bonchev–Trinajstić information content (AvgIpc) is 2.80. The van der Waals surface area contributed by atoms with Crippen molar-refractivity contribution in [2.45, 2.75) is 26.8 Å². The van der Waals surface area contributed by atoms with Crippen LogP contribution in [0.15, 0.2) is 42.5 Å². The number of para-hydroxylation sites is 1. The number of ether oxygens (including phenoxy) is 3. The topological polar surface area (TPSA) is 60.0 Å². The van der Waals surface area contributed by atoms with Gasteiger partial charge in [-0.15, -0.1) is 0 Å². The second kappa shape index (κ2) is 10.9. The Hall–Kier alpha value is -2.73. The summed E-state index contributed by atoms with van der Waals surface area (Å²) >= 11 is 0. The van der Waals surface area contributed by atoms with Crippen molar-refractivity contribution in [2.75, 3.05) is 40.0 Å². The fourth-order valence-corrected chi connectivity index (χ4v) is 3.61. The molecule has 1 heterocycles. The molecule has 2 aromatic carbocycles. The number of carbonyl (C=O) groups is 1. The molecule has 1 aliphatic rings. The van der Waals surface area contributed by atoms with Crippen LogP contribution in [0.1, 0.15) is 25.0 Å². The van der Waals surface area contributed by atoms with Crippen LogP contribution in [-0.2, 0) is 17.8 Å². The van der Waals surface area contributed by atoms with Gasteiger partial charge in [-0.2, -0.15) is 0 Å². The number of hydrogen-bond acceptors (Lipinski definition) is 5. The number of benzene rings is 2. The second-order valence-corrected chi connectivity index (χ2v) is 7.39. The van der Waals surface area contributed by atoms with Crippen LogP contribution >= 0.6 is 0 Å². The Balaban J connectivity index is 1.55. The molecule has 0 saturated carbocycles. The van der Waals surface area contributed by atoms with Crippen molar-refractivity contribution in [3.63, 3.8) is 0 Å². The number of nitrogens with zero attached hydrogens (tertiary/aromatic N) is 1. The molecule has 6 heteroatoms. The Bertz CT molecular complexity index is 836. The van der Waals surface area contributed by atoms with Gasteiger partial charge in [-0.3, -0.25) is 4.79 Å². The highest BCUT2D eigenvalue weighted by Gasteiger charge is 2.26. The maximum atomic E-state index is 12.8. The molecule has 0 bridgehead atoms. The molecule has 30 heavy (non-hydrogen) atoms. The fourth-order valence-electron chi connectivity index (χ4n) is 3.61. The van der Waals surface area contributed by atoms with Gasteiger partial charge in [0.1, 0.15) is 30.5 Å². The molecular formula is C24H32N2O4. The number of amides is 1. The van der Waals surface area contributed by atoms with Gasteiger partial charge >= 0.3 is 0 Å². The van der Waals surface area contributed by atoms with Gasteiger partial charge in [-0.05, 0) is 49.3 Å². The summed E-state index contributed by atoms with van der Waals surface area (Å²) in [4.78, 5) is 15.1. The Morgan fingerprint density at radius 3 is 2.77 bits per heavy atom. The normalized spacial score (nSPS) is 15.3. The minimum absolute atomic E-state index is 0.0126. The van der Waals surface area contributed by atoms with Crippen molar-refractivity contribution < 1.29 is 19.0 Å². The Morgan fingerprint density at radius 2 is 2.00 bits per heavy atom. The smallest absolute Gasteiger partial charge is 0.227 e. The molecule has 3 rings (SSSR count). The minimum Gasteiger partial charge on any atom is -0.497 e. The van der Waals surface area contributed by atoms with Crippen LogP contribution in [0.3, 0.4) is 0 Å². The largest absolute Gasteiger partial charge is 0.497 e. The zero-order chi connectivity index (χ0) is 21.3. The number of fused-ring (bicyclic) bond motifs is 1. The van der Waals surface area contributed by atoms with E-state index in [1.165, 1.54) is 0 Å². The van der Waals surface area contributed by atoms with E-state index in [2.05, 4.69) is 24.1 Å². The number of hydrogen-bond donors (Lipinski definition) is 1. The van der Waals surface area contributed by atoms with Crippen molar-refractivity contribution in [1.29, 1.82) is 0 Å². The van der Waals surface area contributed by atoms with Gasteiger partial charge in [0, 0.05) is 18.7 Å². The van der Waals surface area contributed by atoms with Crippen LogP contribution in [0.5, 0.6) is 17.2 Å². The number of likely N-dealkylation sites (N-methyl/N-ethyl adjacent to an activating group) is 1. The SMILES string of the molecule is CCN(CC)CCOc1ccccc1CNC(=O)C1COc2ccc(OC)cc2C1. The minimum atomic E-state index is -0.222. The molecule has 0 radical (unpaired) electrons. The van der Waals surface area contributed by atoms with Gasteiger partial charge in [0.15, 0.2) is 0 Å². The predicted molar refractivity (Wildman–Crippen MR) is 117 cm³/mol. The third-order valence-electron chi connectivity index (χ3n) is 5.53. The Labute approximate surface area is 179 Å². The standard InChI is InChI=1S/C24H32N2O4/c1-4-26(5-2)12-13-29-22-9-7-6-8-18(22)16-25-24(27)20-14-19-15-21(28-3)10-11-23(19)30-17-20/h6-11,15,20H,4-5,12-14,16-17H2,1-3H3,(H,25,27). The highest BCUT2D eigenvalue weighted by Crippen LogP contribution is 2.30. The van der Waals surface area contributed by atoms with Gasteiger partial charge in [0.05, 0.1) is 13.0 Å². The molecule has 1 amide bonds. The molecule has 1 N–H and O–H groups in total. The molecule has 162 valence electrons. The first kappa shape index (κ1) is 22.0. The van der Waals surface area contributed by atoms with Gasteiger partial charge < -0.3 is 24.4 Å². The Kier molecular flexibility index (Phi) is 7.97. The predicted octanol–water partition coefficient (Wildman–Crippen LogP) is 3.28. The highest BCUT2D eigenvalue weighted by atomic mass is 16.5. The number of carbonyl (C=O) groups excluding carboxylic acids is 1. The summed E-state index contributed by atoms with van der Waals surface area (Å²) in [6.45, 7) is 8.64. The maximum Gasteiger partial charge on any atom is 0.227 e. The van der Waals surface area contributed by atoms with Crippen molar-refractivity contribution in [2.24, 2.45) is 5.92 Å². The highest BCUT2D eigenvalue weighted by molar-refractivity contribution is 5.79. The molecule has 0 aliphatic carbocycles. The average molecular weight is 413 g/mol. The lowest BCUT2D eigenvalue weighted by Crippen LogP contribution is -2.37. The summed E-state index contributed by atoms with van der Waals surface area (Å²) in [6.07, 6.45) is 0.639. The van der Waals surface area contributed by atoms with E-state index < -0.39 is 0 Å². The second-order valence-electron chi connectivity index (χ2n) is 7.39. The summed E-state index contributed by atoms with van der Waals surface area (Å²) in [6, 6.07) is 13.6. The lowest BCUT2D eigenvalue weighted by atomic mass is 9.95. The fraction of sp³-hybridized carbons (Fsp3) is 0.458. The molecule has 1 unspecified atom stereocenters. The van der Waals surface area contributed by atoms with E-state index in [0.29, 0.717) is 26.2 Å². The lowest BCUT2D eigenvalue weighted by molar-refractivity contribution is -0.126. The zero-order valence-corrected chi connectivity index (χ0v) is 18.1. The molecule has 0 saturated heterocycles. The lowest BCUT2D eigenvalue weighted by Gasteiger charge is -2.25. The van der Waals surface area contributed by atoms with E-state index in [-0.39, 0.29) is 11.8 Å². The Morgan fingerprint density at radius 1 is 1.20 bits per heavy atom. The molecule has 6 nitrogen and oxygen atoms in total. The summed E-state index contributed by atoms with van der Waals surface area (Å²) in [5.41, 5.74) is 1.98. The summed E-state index contributed by atoms with van der Waals surface area (Å²) in [7, 11) is 1.64. The van der Waals surface area contributed by atoms with Gasteiger partial charge in [-0.1, -0.05) is 32.0 Å². The molecular weight excluding hydrogens is 380 g/mol. The van der Waals surface area contributed by atoms with Crippen LogP contribution < -0.4 is 19.5 Å². The van der Waals surface area contributed by atoms with E-state index in [1.807, 2.05) is 42.5 Å². The molecule has 0 fully saturated rings. The first-order valence-corrected chi connectivity index (χ1v) is 10.6. The first-order chi connectivity index (χ1) is 14.6. The van der Waals surface area contributed by atoms with Crippen LogP contribution in [0, 0.1) is 5.92 Å². The van der Waals surface area contributed by atoms with E-state index in [9.17, 15) is 4.79 Å². The molecule has 1 atom stereocenters. The van der Waals surface area contributed by atoms with E-state index >= 15 is 0 Å². The van der Waals surface area contributed by atoms with Crippen molar-refractivity contribution >= 4 is 5.91 Å². The van der Waals surface area contributed by atoms with Crippen LogP contribution in [0.25, 0.3) is 0 Å². The van der Waals surface area contributed by atoms with Gasteiger partial charge in [0.2, 0.25) is 5.91 Å². The first-order valence-electron chi connectivity index (χ1n) is 10.6. The third kappa shape index (κ3) is 5.66. The van der Waals surface area contributed by atoms with E-state index in [0.717, 1.165) is 48.0 Å². The number of methoxy groups -OCH3 is 1. The van der Waals surface area contributed by atoms with Crippen LogP contribution in [0.2, 0.25) is 0 Å². The van der Waals surface area contributed by atoms with Crippen LogP contribution in [-0.4, -0.2) is 50.8 Å². The maximum absolute atomic E-state index is 12.8. The molecule has 1 aliphatic heterocycles. The van der Waals surface area contributed by atoms with Crippen molar-refractivity contribution in [3.05, 3.63) is 53.6 Å². The summed E-state index contributed by atoms with van der Waals surface area (Å²) in [5.74, 6) is 2.18. The van der Waals surface area contributed by atoms with Crippen molar-refractivity contribution in [3.8, 4) is 17.2 Å². The van der Waals surface area contributed by atoms with Crippen molar-refractivity contribution in [1.82, 2.24) is 10.2 Å². The number of rotatable bonds is 10. The van der Waals surface area contributed by atoms with E-state index in [1.54, 1.807) is 7.11 Å². The van der Waals surface area contributed by atoms with Crippen LogP contribution in [0.4, 0.5) is 0 Å². The summed E-state index contributed by atoms with van der Waals surface area (Å²) < 4.78 is 17.1. The zero-order valence-electron chi connectivity index (χ0n) is 18.1. The monoisotopic (exact) mass is 412 g/mol. The molecule has 2 aromatic rings.